The number of rotatable bonds is 4. The van der Waals surface area contributed by atoms with Crippen LogP contribution < -0.4 is 10.5 Å². The van der Waals surface area contributed by atoms with Crippen LogP contribution in [-0.2, 0) is 10.0 Å². The van der Waals surface area contributed by atoms with Crippen LogP contribution in [0, 0.1) is 11.6 Å². The van der Waals surface area contributed by atoms with E-state index in [0.717, 1.165) is 18.6 Å². The molecule has 0 amide bonds. The summed E-state index contributed by atoms with van der Waals surface area (Å²) < 4.78 is 52.7. The van der Waals surface area contributed by atoms with Crippen molar-refractivity contribution in [2.75, 3.05) is 12.3 Å². The van der Waals surface area contributed by atoms with E-state index >= 15 is 0 Å². The third-order valence-electron chi connectivity index (χ3n) is 3.16. The minimum absolute atomic E-state index is 0.202. The standard InChI is InChI=1S/C11H14F2N2O3S/c12-8-4-7(14)5-9(13)10(8)19(17,18)15-6-11(16)2-1-3-11/h4-5,15-16H,1-3,6,14H2. The van der Waals surface area contributed by atoms with Crippen molar-refractivity contribution < 1.29 is 22.3 Å². The smallest absolute Gasteiger partial charge is 0.246 e. The molecule has 0 aliphatic heterocycles. The highest BCUT2D eigenvalue weighted by molar-refractivity contribution is 7.89. The van der Waals surface area contributed by atoms with Crippen LogP contribution in [0.5, 0.6) is 0 Å². The van der Waals surface area contributed by atoms with Gasteiger partial charge in [0.25, 0.3) is 0 Å². The summed E-state index contributed by atoms with van der Waals surface area (Å²) in [6, 6.07) is 1.46. The van der Waals surface area contributed by atoms with Crippen molar-refractivity contribution >= 4 is 15.7 Å². The Kier molecular flexibility index (Phi) is 3.50. The number of anilines is 1. The summed E-state index contributed by atoms with van der Waals surface area (Å²) in [6.45, 7) is -0.265. The van der Waals surface area contributed by atoms with Crippen LogP contribution in [0.25, 0.3) is 0 Å². The van der Waals surface area contributed by atoms with Crippen molar-refractivity contribution in [1.29, 1.82) is 0 Å². The molecule has 19 heavy (non-hydrogen) atoms. The van der Waals surface area contributed by atoms with E-state index in [1.165, 1.54) is 0 Å². The van der Waals surface area contributed by atoms with E-state index in [1.807, 2.05) is 4.72 Å². The van der Waals surface area contributed by atoms with E-state index in [-0.39, 0.29) is 12.2 Å². The molecule has 0 saturated heterocycles. The molecule has 0 unspecified atom stereocenters. The number of hydrogen-bond acceptors (Lipinski definition) is 4. The van der Waals surface area contributed by atoms with Crippen molar-refractivity contribution in [2.45, 2.75) is 29.8 Å². The maximum atomic E-state index is 13.5. The van der Waals surface area contributed by atoms with Gasteiger partial charge in [-0.3, -0.25) is 0 Å². The number of nitrogens with two attached hydrogens (primary N) is 1. The van der Waals surface area contributed by atoms with Gasteiger partial charge in [0, 0.05) is 12.2 Å². The van der Waals surface area contributed by atoms with Gasteiger partial charge in [0.1, 0.15) is 11.6 Å². The van der Waals surface area contributed by atoms with Gasteiger partial charge in [-0.1, -0.05) is 0 Å². The molecule has 4 N–H and O–H groups in total. The van der Waals surface area contributed by atoms with E-state index < -0.39 is 32.2 Å². The lowest BCUT2D eigenvalue weighted by molar-refractivity contribution is -0.0271. The van der Waals surface area contributed by atoms with Gasteiger partial charge in [-0.2, -0.15) is 0 Å². The van der Waals surface area contributed by atoms with E-state index in [0.29, 0.717) is 12.8 Å². The average Bonchev–Trinajstić information content (AvgIpc) is 2.22. The number of halogens is 2. The Bertz CT molecular complexity index is 577. The molecule has 106 valence electrons. The summed E-state index contributed by atoms with van der Waals surface area (Å²) in [7, 11) is -4.36. The fraction of sp³-hybridized carbons (Fsp3) is 0.455. The van der Waals surface area contributed by atoms with Crippen molar-refractivity contribution in [1.82, 2.24) is 4.72 Å². The predicted molar refractivity (Wildman–Crippen MR) is 64.8 cm³/mol. The fourth-order valence-corrected chi connectivity index (χ4v) is 3.13. The second-order valence-electron chi connectivity index (χ2n) is 4.72. The number of sulfonamides is 1. The van der Waals surface area contributed by atoms with Crippen LogP contribution in [0.2, 0.25) is 0 Å². The maximum absolute atomic E-state index is 13.5. The molecule has 1 fully saturated rings. The molecule has 1 aromatic rings. The molecule has 0 bridgehead atoms. The van der Waals surface area contributed by atoms with E-state index in [1.54, 1.807) is 0 Å². The normalized spacial score (nSPS) is 18.1. The second kappa shape index (κ2) is 4.69. The molecule has 0 radical (unpaired) electrons. The molecule has 2 rings (SSSR count). The summed E-state index contributed by atoms with van der Waals surface area (Å²) >= 11 is 0. The van der Waals surface area contributed by atoms with Crippen molar-refractivity contribution in [2.24, 2.45) is 0 Å². The Morgan fingerprint density at radius 3 is 2.26 bits per heavy atom. The maximum Gasteiger partial charge on any atom is 0.246 e. The molecule has 5 nitrogen and oxygen atoms in total. The van der Waals surface area contributed by atoms with E-state index in [9.17, 15) is 22.3 Å². The minimum atomic E-state index is -4.36. The lowest BCUT2D eigenvalue weighted by Gasteiger charge is -2.36. The van der Waals surface area contributed by atoms with Gasteiger partial charge in [-0.15, -0.1) is 0 Å². The Morgan fingerprint density at radius 2 is 1.84 bits per heavy atom. The molecular weight excluding hydrogens is 278 g/mol. The van der Waals surface area contributed by atoms with Crippen LogP contribution in [-0.4, -0.2) is 25.7 Å². The molecule has 8 heteroatoms. The van der Waals surface area contributed by atoms with Crippen LogP contribution in [0.4, 0.5) is 14.5 Å². The van der Waals surface area contributed by atoms with Crippen molar-refractivity contribution in [3.63, 3.8) is 0 Å². The lowest BCUT2D eigenvalue weighted by Crippen LogP contribution is -2.47. The molecule has 1 aliphatic carbocycles. The first-order chi connectivity index (χ1) is 8.73. The molecule has 0 atom stereocenters. The summed E-state index contributed by atoms with van der Waals surface area (Å²) in [5, 5.41) is 9.77. The lowest BCUT2D eigenvalue weighted by atomic mass is 9.81. The van der Waals surface area contributed by atoms with Crippen LogP contribution in [0.3, 0.4) is 0 Å². The van der Waals surface area contributed by atoms with E-state index in [4.69, 9.17) is 5.73 Å². The largest absolute Gasteiger partial charge is 0.399 e. The zero-order chi connectivity index (χ0) is 14.3. The average molecular weight is 292 g/mol. The quantitative estimate of drug-likeness (QED) is 0.714. The first-order valence-corrected chi connectivity index (χ1v) is 7.18. The molecule has 0 heterocycles. The van der Waals surface area contributed by atoms with Crippen molar-refractivity contribution in [3.05, 3.63) is 23.8 Å². The van der Waals surface area contributed by atoms with Gasteiger partial charge >= 0.3 is 0 Å². The zero-order valence-electron chi connectivity index (χ0n) is 9.99. The second-order valence-corrected chi connectivity index (χ2v) is 6.42. The Hall–Kier alpha value is -1.25. The van der Waals surface area contributed by atoms with Crippen LogP contribution >= 0.6 is 0 Å². The fourth-order valence-electron chi connectivity index (χ4n) is 1.90. The molecule has 1 aliphatic rings. The zero-order valence-corrected chi connectivity index (χ0v) is 10.8. The highest BCUT2D eigenvalue weighted by Gasteiger charge is 2.36. The third-order valence-corrected chi connectivity index (χ3v) is 4.62. The molecule has 1 aromatic carbocycles. The third kappa shape index (κ3) is 2.85. The predicted octanol–water partition coefficient (Wildman–Crippen LogP) is 0.740. The van der Waals surface area contributed by atoms with Gasteiger partial charge < -0.3 is 10.8 Å². The number of benzene rings is 1. The topological polar surface area (TPSA) is 92.4 Å². The Labute approximate surface area is 109 Å². The Morgan fingerprint density at radius 1 is 1.32 bits per heavy atom. The summed E-state index contributed by atoms with van der Waals surface area (Å²) in [4.78, 5) is -1.08. The molecule has 0 aromatic heterocycles. The van der Waals surface area contributed by atoms with Crippen LogP contribution in [0.1, 0.15) is 19.3 Å². The number of aliphatic hydroxyl groups is 1. The van der Waals surface area contributed by atoms with Crippen LogP contribution in [0.15, 0.2) is 17.0 Å². The van der Waals surface area contributed by atoms with Crippen molar-refractivity contribution in [3.8, 4) is 0 Å². The summed E-state index contributed by atoms with van der Waals surface area (Å²) in [5.74, 6) is -2.52. The minimum Gasteiger partial charge on any atom is -0.399 e. The summed E-state index contributed by atoms with van der Waals surface area (Å²) in [5.41, 5.74) is 3.89. The van der Waals surface area contributed by atoms with Gasteiger partial charge in [0.2, 0.25) is 10.0 Å². The first kappa shape index (κ1) is 14.2. The molecule has 1 saturated carbocycles. The molecular formula is C11H14F2N2O3S. The number of nitrogen functional groups attached to an aromatic ring is 1. The highest BCUT2D eigenvalue weighted by Crippen LogP contribution is 2.31. The number of nitrogens with one attached hydrogen (secondary N) is 1. The van der Waals surface area contributed by atoms with E-state index in [2.05, 4.69) is 0 Å². The first-order valence-electron chi connectivity index (χ1n) is 5.70. The highest BCUT2D eigenvalue weighted by atomic mass is 32.2. The monoisotopic (exact) mass is 292 g/mol. The summed E-state index contributed by atoms with van der Waals surface area (Å²) in [6.07, 6.45) is 1.72. The van der Waals surface area contributed by atoms with Gasteiger partial charge in [-0.25, -0.2) is 21.9 Å². The molecule has 0 spiro atoms. The number of hydrogen-bond donors (Lipinski definition) is 3. The van der Waals surface area contributed by atoms with Gasteiger partial charge in [-0.05, 0) is 31.4 Å². The Balaban J connectivity index is 2.24. The van der Waals surface area contributed by atoms with Gasteiger partial charge in [0.15, 0.2) is 4.90 Å². The van der Waals surface area contributed by atoms with Gasteiger partial charge in [0.05, 0.1) is 5.60 Å². The SMILES string of the molecule is Nc1cc(F)c(S(=O)(=O)NCC2(O)CCC2)c(F)c1.